The fraction of sp³-hybridized carbons (Fsp3) is 0.429. The first-order valence-electron chi connectivity index (χ1n) is 6.60. The van der Waals surface area contributed by atoms with Crippen LogP contribution in [0, 0.1) is 17.2 Å². The van der Waals surface area contributed by atoms with Crippen LogP contribution in [-0.2, 0) is 14.6 Å². The zero-order valence-electron chi connectivity index (χ0n) is 11.4. The summed E-state index contributed by atoms with van der Waals surface area (Å²) in [4.78, 5) is 12.9. The Kier molecular flexibility index (Phi) is 4.60. The molecule has 0 amide bonds. The van der Waals surface area contributed by atoms with E-state index in [2.05, 4.69) is 0 Å². The smallest absolute Gasteiger partial charge is 0.307 e. The third-order valence-corrected chi connectivity index (χ3v) is 5.31. The van der Waals surface area contributed by atoms with Gasteiger partial charge < -0.3 is 10.0 Å². The number of rotatable bonds is 5. The van der Waals surface area contributed by atoms with Crippen LogP contribution in [0.25, 0.3) is 0 Å². The maximum atomic E-state index is 12.2. The van der Waals surface area contributed by atoms with Gasteiger partial charge in [-0.15, -0.1) is 0 Å². The highest BCUT2D eigenvalue weighted by molar-refractivity contribution is 7.91. The second-order valence-corrected chi connectivity index (χ2v) is 7.19. The number of aliphatic carboxylic acids is 1. The van der Waals surface area contributed by atoms with Crippen molar-refractivity contribution in [1.82, 2.24) is 4.90 Å². The van der Waals surface area contributed by atoms with Crippen molar-refractivity contribution in [2.24, 2.45) is 5.92 Å². The van der Waals surface area contributed by atoms with Crippen LogP contribution >= 0.6 is 0 Å². The molecule has 0 saturated carbocycles. The molecule has 1 N–H and O–H groups in total. The number of hydrogen-bond donors (Lipinski definition) is 1. The molecule has 2 rings (SSSR count). The first-order valence-corrected chi connectivity index (χ1v) is 8.25. The summed E-state index contributed by atoms with van der Waals surface area (Å²) >= 11 is 0. The number of nitrogens with zero attached hydrogens (tertiary/aromatic N) is 2. The van der Waals surface area contributed by atoms with E-state index in [0.29, 0.717) is 31.6 Å². The molecule has 0 aromatic heterocycles. The van der Waals surface area contributed by atoms with E-state index in [1.54, 1.807) is 12.1 Å². The zero-order chi connectivity index (χ0) is 15.5. The van der Waals surface area contributed by atoms with Crippen molar-refractivity contribution in [2.75, 3.05) is 25.4 Å². The average molecular weight is 308 g/mol. The number of carboxylic acid groups (broad SMARTS) is 1. The second-order valence-electron chi connectivity index (χ2n) is 5.08. The molecule has 1 aromatic rings. The largest absolute Gasteiger partial charge is 0.481 e. The van der Waals surface area contributed by atoms with Crippen LogP contribution in [-0.4, -0.2) is 49.8 Å². The topological polar surface area (TPSA) is 98.5 Å². The molecule has 1 atom stereocenters. The standard InChI is InChI=1S/C14H16N2O4S/c15-9-11-2-1-3-13(8-11)21(19,20)7-6-16-5-4-12(10-16)14(17)18/h1-3,8,12H,4-7,10H2,(H,17,18). The molecule has 1 aliphatic heterocycles. The monoisotopic (exact) mass is 308 g/mol. The van der Waals surface area contributed by atoms with E-state index >= 15 is 0 Å². The minimum Gasteiger partial charge on any atom is -0.481 e. The first kappa shape index (κ1) is 15.5. The molecule has 112 valence electrons. The first-order chi connectivity index (χ1) is 9.92. The molecule has 21 heavy (non-hydrogen) atoms. The van der Waals surface area contributed by atoms with Crippen LogP contribution in [0.5, 0.6) is 0 Å². The van der Waals surface area contributed by atoms with Gasteiger partial charge in [0.25, 0.3) is 0 Å². The lowest BCUT2D eigenvalue weighted by atomic mass is 10.1. The van der Waals surface area contributed by atoms with E-state index in [0.717, 1.165) is 0 Å². The molecular formula is C14H16N2O4S. The summed E-state index contributed by atoms with van der Waals surface area (Å²) in [6.07, 6.45) is 0.555. The molecule has 0 spiro atoms. The Morgan fingerprint density at radius 3 is 2.86 bits per heavy atom. The molecule has 1 heterocycles. The minimum atomic E-state index is -3.46. The van der Waals surface area contributed by atoms with Crippen molar-refractivity contribution in [3.05, 3.63) is 29.8 Å². The number of hydrogen-bond acceptors (Lipinski definition) is 5. The highest BCUT2D eigenvalue weighted by Gasteiger charge is 2.28. The summed E-state index contributed by atoms with van der Waals surface area (Å²) in [6.45, 7) is 1.30. The molecule has 0 bridgehead atoms. The molecule has 7 heteroatoms. The maximum absolute atomic E-state index is 12.2. The highest BCUT2D eigenvalue weighted by Crippen LogP contribution is 2.18. The van der Waals surface area contributed by atoms with Gasteiger partial charge in [-0.05, 0) is 31.2 Å². The van der Waals surface area contributed by atoms with Crippen molar-refractivity contribution < 1.29 is 18.3 Å². The van der Waals surface area contributed by atoms with E-state index < -0.39 is 21.7 Å². The number of likely N-dealkylation sites (tertiary alicyclic amines) is 1. The highest BCUT2D eigenvalue weighted by atomic mass is 32.2. The Morgan fingerprint density at radius 2 is 2.24 bits per heavy atom. The number of carboxylic acids is 1. The third-order valence-electron chi connectivity index (χ3n) is 3.62. The van der Waals surface area contributed by atoms with Gasteiger partial charge in [-0.2, -0.15) is 5.26 Å². The SMILES string of the molecule is N#Cc1cccc(S(=O)(=O)CCN2CCC(C(=O)O)C2)c1. The van der Waals surface area contributed by atoms with Crippen LogP contribution < -0.4 is 0 Å². The lowest BCUT2D eigenvalue weighted by Crippen LogP contribution is -2.28. The normalized spacial score (nSPS) is 19.3. The van der Waals surface area contributed by atoms with Gasteiger partial charge in [0.2, 0.25) is 0 Å². The third kappa shape index (κ3) is 3.80. The summed E-state index contributed by atoms with van der Waals surface area (Å²) in [5, 5.41) is 17.7. The van der Waals surface area contributed by atoms with E-state index in [9.17, 15) is 13.2 Å². The lowest BCUT2D eigenvalue weighted by Gasteiger charge is -2.15. The summed E-state index contributed by atoms with van der Waals surface area (Å²) in [6, 6.07) is 7.84. The fourth-order valence-corrected chi connectivity index (χ4v) is 3.69. The quantitative estimate of drug-likeness (QED) is 0.861. The molecule has 1 aliphatic rings. The molecule has 1 aromatic carbocycles. The van der Waals surface area contributed by atoms with Gasteiger partial charge in [0, 0.05) is 13.1 Å². The van der Waals surface area contributed by atoms with Gasteiger partial charge in [0.15, 0.2) is 9.84 Å². The van der Waals surface area contributed by atoms with Crippen molar-refractivity contribution in [1.29, 1.82) is 5.26 Å². The number of nitriles is 1. The van der Waals surface area contributed by atoms with Gasteiger partial charge in [-0.1, -0.05) is 6.07 Å². The zero-order valence-corrected chi connectivity index (χ0v) is 12.2. The summed E-state index contributed by atoms with van der Waals surface area (Å²) in [5.74, 6) is -1.31. The minimum absolute atomic E-state index is 0.0752. The average Bonchev–Trinajstić information content (AvgIpc) is 2.94. The van der Waals surface area contributed by atoms with Crippen LogP contribution in [0.15, 0.2) is 29.2 Å². The van der Waals surface area contributed by atoms with Gasteiger partial charge in [-0.25, -0.2) is 8.42 Å². The van der Waals surface area contributed by atoms with Crippen molar-refractivity contribution in [2.45, 2.75) is 11.3 Å². The van der Waals surface area contributed by atoms with Gasteiger partial charge in [-0.3, -0.25) is 4.79 Å². The van der Waals surface area contributed by atoms with Crippen molar-refractivity contribution in [3.8, 4) is 6.07 Å². The van der Waals surface area contributed by atoms with Gasteiger partial charge in [0.05, 0.1) is 28.2 Å². The Morgan fingerprint density at radius 1 is 1.48 bits per heavy atom. The Hall–Kier alpha value is -1.91. The van der Waals surface area contributed by atoms with Gasteiger partial charge >= 0.3 is 5.97 Å². The summed E-state index contributed by atoms with van der Waals surface area (Å²) in [5.41, 5.74) is 0.309. The molecule has 0 radical (unpaired) electrons. The molecule has 1 saturated heterocycles. The fourth-order valence-electron chi connectivity index (χ4n) is 2.36. The van der Waals surface area contributed by atoms with Gasteiger partial charge in [0.1, 0.15) is 0 Å². The van der Waals surface area contributed by atoms with Crippen LogP contribution in [0.4, 0.5) is 0 Å². The Bertz CT molecular complexity index is 678. The lowest BCUT2D eigenvalue weighted by molar-refractivity contribution is -0.141. The predicted octanol–water partition coefficient (Wildman–Crippen LogP) is 0.738. The van der Waals surface area contributed by atoms with E-state index in [4.69, 9.17) is 10.4 Å². The molecule has 6 nitrogen and oxygen atoms in total. The molecular weight excluding hydrogens is 292 g/mol. The van der Waals surface area contributed by atoms with Crippen LogP contribution in [0.2, 0.25) is 0 Å². The van der Waals surface area contributed by atoms with Crippen molar-refractivity contribution >= 4 is 15.8 Å². The maximum Gasteiger partial charge on any atom is 0.307 e. The molecule has 0 aliphatic carbocycles. The molecule has 1 fully saturated rings. The summed E-state index contributed by atoms with van der Waals surface area (Å²) < 4.78 is 24.4. The van der Waals surface area contributed by atoms with E-state index in [1.165, 1.54) is 12.1 Å². The number of carbonyl (C=O) groups is 1. The van der Waals surface area contributed by atoms with E-state index in [1.807, 2.05) is 11.0 Å². The molecule has 1 unspecified atom stereocenters. The summed E-state index contributed by atoms with van der Waals surface area (Å²) in [7, 11) is -3.46. The van der Waals surface area contributed by atoms with E-state index in [-0.39, 0.29) is 10.6 Å². The Labute approximate surface area is 123 Å². The predicted molar refractivity (Wildman–Crippen MR) is 75.4 cm³/mol. The number of benzene rings is 1. The Balaban J connectivity index is 1.99. The van der Waals surface area contributed by atoms with Crippen LogP contribution in [0.1, 0.15) is 12.0 Å². The van der Waals surface area contributed by atoms with Crippen LogP contribution in [0.3, 0.4) is 0 Å². The second kappa shape index (κ2) is 6.24. The number of sulfone groups is 1. The van der Waals surface area contributed by atoms with Crippen molar-refractivity contribution in [3.63, 3.8) is 0 Å².